The molecule has 0 radical (unpaired) electrons. The molecule has 11 nitrogen and oxygen atoms in total. The van der Waals surface area contributed by atoms with Crippen LogP contribution in [-0.2, 0) is 47.7 Å². The average molecular weight is 376 g/mol. The van der Waals surface area contributed by atoms with E-state index in [2.05, 4.69) is 4.74 Å². The number of ether oxygens (including phenoxy) is 4. The number of rotatable bonds is 9. The molecule has 0 bridgehead atoms. The van der Waals surface area contributed by atoms with Crippen LogP contribution in [0.1, 0.15) is 34.6 Å². The van der Waals surface area contributed by atoms with Crippen molar-refractivity contribution in [2.24, 2.45) is 0 Å². The van der Waals surface area contributed by atoms with Gasteiger partial charge in [-0.05, 0) is 6.92 Å². The van der Waals surface area contributed by atoms with Gasteiger partial charge in [-0.2, -0.15) is 0 Å². The van der Waals surface area contributed by atoms with Crippen molar-refractivity contribution < 1.29 is 52.8 Å². The molecule has 0 aliphatic heterocycles. The predicted octanol–water partition coefficient (Wildman–Crippen LogP) is -0.613. The van der Waals surface area contributed by atoms with Gasteiger partial charge in [0.15, 0.2) is 12.2 Å². The summed E-state index contributed by atoms with van der Waals surface area (Å²) < 4.78 is 19.4. The van der Waals surface area contributed by atoms with Crippen molar-refractivity contribution in [2.45, 2.75) is 59.0 Å². The largest absolute Gasteiger partial charge is 0.475 e. The Bertz CT molecular complexity index is 594. The molecule has 0 spiro atoms. The molecule has 0 amide bonds. The Hall–Kier alpha value is -2.98. The lowest BCUT2D eigenvalue weighted by Crippen LogP contribution is -2.54. The topological polar surface area (TPSA) is 160 Å². The quantitative estimate of drug-likeness (QED) is 0.310. The molecule has 0 aliphatic carbocycles. The molecule has 11 heteroatoms. The van der Waals surface area contributed by atoms with Crippen LogP contribution in [0, 0.1) is 0 Å². The number of esters is 4. The van der Waals surface area contributed by atoms with Crippen LogP contribution in [0.25, 0.3) is 0 Å². The number of Topliss-reactive ketones (excluding diaryl/α,β-unsaturated/α-hetero) is 1. The van der Waals surface area contributed by atoms with Crippen LogP contribution < -0.4 is 0 Å². The van der Waals surface area contributed by atoms with Crippen molar-refractivity contribution in [3.8, 4) is 0 Å². The van der Waals surface area contributed by atoms with E-state index in [0.717, 1.165) is 27.7 Å². The second-order valence-corrected chi connectivity index (χ2v) is 5.16. The first-order chi connectivity index (χ1) is 11.9. The molecule has 0 aliphatic rings. The fourth-order valence-corrected chi connectivity index (χ4v) is 2.01. The first-order valence-corrected chi connectivity index (χ1v) is 7.32. The third-order valence-electron chi connectivity index (χ3n) is 2.80. The van der Waals surface area contributed by atoms with E-state index in [0.29, 0.717) is 0 Å². The van der Waals surface area contributed by atoms with E-state index in [1.807, 2.05) is 0 Å². The number of ketones is 1. The highest BCUT2D eigenvalue weighted by Crippen LogP contribution is 2.20. The van der Waals surface area contributed by atoms with Crippen LogP contribution >= 0.6 is 0 Å². The van der Waals surface area contributed by atoms with Crippen molar-refractivity contribution in [3.05, 3.63) is 0 Å². The number of carboxylic acids is 1. The van der Waals surface area contributed by atoms with Crippen LogP contribution in [0.3, 0.4) is 0 Å². The van der Waals surface area contributed by atoms with Gasteiger partial charge in [-0.1, -0.05) is 0 Å². The molecule has 0 rings (SSSR count). The van der Waals surface area contributed by atoms with Gasteiger partial charge >= 0.3 is 29.8 Å². The second kappa shape index (κ2) is 10.1. The minimum atomic E-state index is -2.13. The van der Waals surface area contributed by atoms with Crippen molar-refractivity contribution in [1.29, 1.82) is 0 Å². The molecule has 0 heterocycles. The van der Waals surface area contributed by atoms with Gasteiger partial charge in [-0.15, -0.1) is 0 Å². The van der Waals surface area contributed by atoms with Gasteiger partial charge in [0.25, 0.3) is 5.78 Å². The summed E-state index contributed by atoms with van der Waals surface area (Å²) in [6.45, 7) is 5.11. The fourth-order valence-electron chi connectivity index (χ4n) is 2.01. The summed E-state index contributed by atoms with van der Waals surface area (Å²) in [7, 11) is 0. The zero-order chi connectivity index (χ0) is 20.6. The average Bonchev–Trinajstić information content (AvgIpc) is 2.46. The Morgan fingerprint density at radius 2 is 1.04 bits per heavy atom. The molecule has 0 unspecified atom stereocenters. The van der Waals surface area contributed by atoms with Crippen LogP contribution in [0.15, 0.2) is 0 Å². The Morgan fingerprint density at radius 1 is 0.654 bits per heavy atom. The van der Waals surface area contributed by atoms with Crippen molar-refractivity contribution in [3.63, 3.8) is 0 Å². The third kappa shape index (κ3) is 7.73. The maximum atomic E-state index is 11.9. The molecule has 1 N–H and O–H groups in total. The smallest absolute Gasteiger partial charge is 0.376 e. The molecule has 0 aromatic rings. The molecule has 0 saturated heterocycles. The van der Waals surface area contributed by atoms with Crippen LogP contribution in [0.2, 0.25) is 0 Å². The van der Waals surface area contributed by atoms with E-state index in [1.54, 1.807) is 0 Å². The maximum absolute atomic E-state index is 11.9. The molecule has 0 aromatic carbocycles. The van der Waals surface area contributed by atoms with Gasteiger partial charge in [-0.3, -0.25) is 24.0 Å². The monoisotopic (exact) mass is 376 g/mol. The van der Waals surface area contributed by atoms with E-state index in [-0.39, 0.29) is 0 Å². The fraction of sp³-hybridized carbons (Fsp3) is 0.600. The van der Waals surface area contributed by atoms with Gasteiger partial charge in [0.1, 0.15) is 6.10 Å². The van der Waals surface area contributed by atoms with Crippen LogP contribution in [-0.4, -0.2) is 65.2 Å². The zero-order valence-corrected chi connectivity index (χ0v) is 14.8. The molecule has 0 fully saturated rings. The highest BCUT2D eigenvalue weighted by atomic mass is 16.6. The van der Waals surface area contributed by atoms with Crippen molar-refractivity contribution in [2.75, 3.05) is 0 Å². The summed E-state index contributed by atoms with van der Waals surface area (Å²) in [6, 6.07) is 0. The Labute approximate surface area is 148 Å². The third-order valence-corrected chi connectivity index (χ3v) is 2.80. The number of carboxylic acid groups (broad SMARTS) is 1. The molecule has 0 saturated carbocycles. The predicted molar refractivity (Wildman–Crippen MR) is 80.5 cm³/mol. The summed E-state index contributed by atoms with van der Waals surface area (Å²) in [4.78, 5) is 68.1. The van der Waals surface area contributed by atoms with E-state index >= 15 is 0 Å². The molecular formula is C15H20O11. The normalized spacial score (nSPS) is 14.8. The second-order valence-electron chi connectivity index (χ2n) is 5.16. The summed E-state index contributed by atoms with van der Waals surface area (Å²) in [5, 5.41) is 8.92. The minimum Gasteiger partial charge on any atom is -0.475 e. The van der Waals surface area contributed by atoms with E-state index in [1.165, 1.54) is 6.92 Å². The van der Waals surface area contributed by atoms with Gasteiger partial charge in [0, 0.05) is 27.7 Å². The van der Waals surface area contributed by atoms with Gasteiger partial charge in [0.05, 0.1) is 0 Å². The van der Waals surface area contributed by atoms with E-state index in [9.17, 15) is 28.8 Å². The Balaban J connectivity index is 6.10. The van der Waals surface area contributed by atoms with Crippen LogP contribution in [0.4, 0.5) is 0 Å². The maximum Gasteiger partial charge on any atom is 0.376 e. The SMILES string of the molecule is CC(=O)O[C@H]([C@H](OC(C)=O)[C@H](C)OC(C)=O)[C@H](OC(C)=O)C(=O)C(=O)O. The minimum absolute atomic E-state index is 0.787. The van der Waals surface area contributed by atoms with Gasteiger partial charge in [-0.25, -0.2) is 4.79 Å². The first-order valence-electron chi connectivity index (χ1n) is 7.32. The van der Waals surface area contributed by atoms with E-state index in [4.69, 9.17) is 19.3 Å². The molecule has 0 aromatic heterocycles. The standard InChI is InChI=1S/C15H20O11/c1-6(23-7(2)16)12(24-8(3)17)14(26-10(5)19)13(25-9(4)18)11(20)15(21)22/h6,12-14H,1-5H3,(H,21,22)/t6-,12+,13+,14+/m0/s1. The molecule has 26 heavy (non-hydrogen) atoms. The number of carbonyl (C=O) groups is 6. The summed E-state index contributed by atoms with van der Waals surface area (Å²) in [5.41, 5.74) is 0. The summed E-state index contributed by atoms with van der Waals surface area (Å²) in [5.74, 6) is -7.34. The first kappa shape index (κ1) is 23.0. The van der Waals surface area contributed by atoms with Crippen molar-refractivity contribution in [1.82, 2.24) is 0 Å². The summed E-state index contributed by atoms with van der Waals surface area (Å²) in [6.07, 6.45) is -6.87. The Kier molecular flexibility index (Phi) is 8.95. The molecular weight excluding hydrogens is 356 g/mol. The number of carbonyl (C=O) groups excluding carboxylic acids is 5. The molecule has 4 atom stereocenters. The van der Waals surface area contributed by atoms with Crippen molar-refractivity contribution >= 4 is 35.6 Å². The number of hydrogen-bond donors (Lipinski definition) is 1. The van der Waals surface area contributed by atoms with E-state index < -0.39 is 60.0 Å². The van der Waals surface area contributed by atoms with Gasteiger partial charge < -0.3 is 24.1 Å². The summed E-state index contributed by atoms with van der Waals surface area (Å²) >= 11 is 0. The number of hydrogen-bond acceptors (Lipinski definition) is 10. The highest BCUT2D eigenvalue weighted by molar-refractivity contribution is 6.35. The lowest BCUT2D eigenvalue weighted by Gasteiger charge is -2.33. The van der Waals surface area contributed by atoms with Crippen LogP contribution in [0.5, 0.6) is 0 Å². The highest BCUT2D eigenvalue weighted by Gasteiger charge is 2.46. The lowest BCUT2D eigenvalue weighted by atomic mass is 9.99. The lowest BCUT2D eigenvalue weighted by molar-refractivity contribution is -0.198. The zero-order valence-electron chi connectivity index (χ0n) is 14.8. The van der Waals surface area contributed by atoms with Gasteiger partial charge in [0.2, 0.25) is 6.10 Å². The Morgan fingerprint density at radius 3 is 1.38 bits per heavy atom. The molecule has 146 valence electrons. The number of aliphatic carboxylic acids is 1.